The van der Waals surface area contributed by atoms with Crippen LogP contribution in [0, 0.1) is 0 Å². The molecule has 11 heavy (non-hydrogen) atoms. The predicted molar refractivity (Wildman–Crippen MR) is 42.2 cm³/mol. The molecule has 4 heteroatoms. The van der Waals surface area contributed by atoms with Gasteiger partial charge in [-0.3, -0.25) is 0 Å². The van der Waals surface area contributed by atoms with Crippen molar-refractivity contribution in [2.24, 2.45) is 5.11 Å². The Balaban J connectivity index is 2.04. The minimum Gasteiger partial charge on any atom is -0.378 e. The molecule has 0 atom stereocenters. The van der Waals surface area contributed by atoms with E-state index in [-0.39, 0.29) is 6.04 Å². The van der Waals surface area contributed by atoms with Crippen molar-refractivity contribution >= 4 is 0 Å². The fourth-order valence-electron chi connectivity index (χ4n) is 1.13. The summed E-state index contributed by atoms with van der Waals surface area (Å²) in [6.07, 6.45) is 3.22. The normalized spacial score (nSPS) is 28.8. The molecule has 0 amide bonds. The zero-order chi connectivity index (χ0) is 8.10. The number of rotatable bonds is 4. The van der Waals surface area contributed by atoms with Crippen LogP contribution < -0.4 is 0 Å². The van der Waals surface area contributed by atoms with Gasteiger partial charge >= 0.3 is 0 Å². The molecule has 0 bridgehead atoms. The number of ether oxygens (including phenoxy) is 1. The van der Waals surface area contributed by atoms with Crippen molar-refractivity contribution in [2.45, 2.75) is 38.3 Å². The lowest BCUT2D eigenvalue weighted by Crippen LogP contribution is -2.34. The van der Waals surface area contributed by atoms with Crippen molar-refractivity contribution < 1.29 is 4.74 Å². The van der Waals surface area contributed by atoms with Gasteiger partial charge in [0.15, 0.2) is 0 Å². The van der Waals surface area contributed by atoms with Crippen LogP contribution in [-0.2, 0) is 4.74 Å². The van der Waals surface area contributed by atoms with E-state index in [4.69, 9.17) is 10.3 Å². The van der Waals surface area contributed by atoms with Gasteiger partial charge in [0.1, 0.15) is 0 Å². The first kappa shape index (κ1) is 8.37. The smallest absolute Gasteiger partial charge is 0.0583 e. The molecule has 0 heterocycles. The Hall–Kier alpha value is -0.730. The molecule has 0 aromatic carbocycles. The second-order valence-electron chi connectivity index (χ2n) is 2.82. The lowest BCUT2D eigenvalue weighted by atomic mass is 9.90. The summed E-state index contributed by atoms with van der Waals surface area (Å²) in [6, 6.07) is 0.196. The lowest BCUT2D eigenvalue weighted by molar-refractivity contribution is -0.00770. The van der Waals surface area contributed by atoms with E-state index >= 15 is 0 Å². The van der Waals surface area contributed by atoms with Crippen molar-refractivity contribution in [1.29, 1.82) is 0 Å². The molecular formula is C7H13N3O. The number of azide groups is 1. The van der Waals surface area contributed by atoms with Crippen LogP contribution in [-0.4, -0.2) is 18.8 Å². The molecule has 0 aromatic rings. The highest BCUT2D eigenvalue weighted by molar-refractivity contribution is 4.85. The second-order valence-corrected chi connectivity index (χ2v) is 2.82. The maximum atomic E-state index is 8.08. The molecule has 0 N–H and O–H groups in total. The van der Waals surface area contributed by atoms with E-state index in [0.717, 1.165) is 25.9 Å². The Bertz CT molecular complexity index is 159. The molecule has 0 unspecified atom stereocenters. The van der Waals surface area contributed by atoms with E-state index in [0.29, 0.717) is 6.10 Å². The van der Waals surface area contributed by atoms with Gasteiger partial charge in [-0.1, -0.05) is 12.0 Å². The van der Waals surface area contributed by atoms with E-state index in [9.17, 15) is 0 Å². The van der Waals surface area contributed by atoms with Crippen molar-refractivity contribution in [3.63, 3.8) is 0 Å². The Morgan fingerprint density at radius 1 is 1.64 bits per heavy atom. The molecule has 0 saturated heterocycles. The largest absolute Gasteiger partial charge is 0.378 e. The maximum Gasteiger partial charge on any atom is 0.0583 e. The maximum absolute atomic E-state index is 8.08. The summed E-state index contributed by atoms with van der Waals surface area (Å²) in [7, 11) is 0. The molecular weight excluding hydrogens is 142 g/mol. The Morgan fingerprint density at radius 3 is 2.91 bits per heavy atom. The molecule has 62 valence electrons. The summed E-state index contributed by atoms with van der Waals surface area (Å²) >= 11 is 0. The summed E-state index contributed by atoms with van der Waals surface area (Å²) in [5, 5.41) is 3.59. The van der Waals surface area contributed by atoms with E-state index in [1.165, 1.54) is 0 Å². The van der Waals surface area contributed by atoms with Gasteiger partial charge < -0.3 is 4.74 Å². The van der Waals surface area contributed by atoms with E-state index < -0.39 is 0 Å². The van der Waals surface area contributed by atoms with Crippen molar-refractivity contribution in [3.05, 3.63) is 10.4 Å². The third kappa shape index (κ3) is 2.41. The minimum absolute atomic E-state index is 0.196. The fourth-order valence-corrected chi connectivity index (χ4v) is 1.13. The first-order chi connectivity index (χ1) is 5.36. The molecule has 0 aliphatic heterocycles. The zero-order valence-electron chi connectivity index (χ0n) is 6.73. The van der Waals surface area contributed by atoms with Crippen molar-refractivity contribution in [2.75, 3.05) is 6.61 Å². The third-order valence-electron chi connectivity index (χ3n) is 1.84. The zero-order valence-corrected chi connectivity index (χ0v) is 6.73. The molecule has 1 saturated carbocycles. The molecule has 1 aliphatic carbocycles. The average molecular weight is 155 g/mol. The monoisotopic (exact) mass is 155 g/mol. The van der Waals surface area contributed by atoms with E-state index in [1.54, 1.807) is 0 Å². The van der Waals surface area contributed by atoms with Gasteiger partial charge in [-0.05, 0) is 24.8 Å². The lowest BCUT2D eigenvalue weighted by Gasteiger charge is -2.31. The summed E-state index contributed by atoms with van der Waals surface area (Å²) < 4.78 is 5.42. The van der Waals surface area contributed by atoms with Gasteiger partial charge in [0.2, 0.25) is 0 Å². The van der Waals surface area contributed by atoms with Crippen LogP contribution in [0.4, 0.5) is 0 Å². The van der Waals surface area contributed by atoms with Gasteiger partial charge in [-0.2, -0.15) is 0 Å². The number of nitrogens with zero attached hydrogens (tertiary/aromatic N) is 3. The molecule has 0 aromatic heterocycles. The van der Waals surface area contributed by atoms with Crippen LogP contribution in [0.15, 0.2) is 5.11 Å². The number of hydrogen-bond donors (Lipinski definition) is 0. The highest BCUT2D eigenvalue weighted by Crippen LogP contribution is 2.26. The van der Waals surface area contributed by atoms with Gasteiger partial charge in [0.05, 0.1) is 6.10 Å². The minimum atomic E-state index is 0.196. The molecule has 4 nitrogen and oxygen atoms in total. The van der Waals surface area contributed by atoms with Crippen LogP contribution >= 0.6 is 0 Å². The highest BCUT2D eigenvalue weighted by atomic mass is 16.5. The SMILES string of the molecule is CCCOC1CC(N=[N+]=[N-])C1. The van der Waals surface area contributed by atoms with Gasteiger partial charge in [-0.15, -0.1) is 0 Å². The first-order valence-corrected chi connectivity index (χ1v) is 4.02. The topological polar surface area (TPSA) is 58.0 Å². The van der Waals surface area contributed by atoms with Crippen LogP contribution in [0.5, 0.6) is 0 Å². The second kappa shape index (κ2) is 4.21. The van der Waals surface area contributed by atoms with Gasteiger partial charge in [0.25, 0.3) is 0 Å². The third-order valence-corrected chi connectivity index (χ3v) is 1.84. The molecule has 1 rings (SSSR count). The van der Waals surface area contributed by atoms with Crippen LogP contribution in [0.1, 0.15) is 26.2 Å². The Labute approximate surface area is 66.2 Å². The predicted octanol–water partition coefficient (Wildman–Crippen LogP) is 2.25. The fraction of sp³-hybridized carbons (Fsp3) is 1.00. The Kier molecular flexibility index (Phi) is 3.20. The van der Waals surface area contributed by atoms with E-state index in [2.05, 4.69) is 16.9 Å². The Morgan fingerprint density at radius 2 is 2.36 bits per heavy atom. The number of hydrogen-bond acceptors (Lipinski definition) is 2. The van der Waals surface area contributed by atoms with Crippen molar-refractivity contribution in [3.8, 4) is 0 Å². The van der Waals surface area contributed by atoms with Crippen LogP contribution in [0.3, 0.4) is 0 Å². The first-order valence-electron chi connectivity index (χ1n) is 4.02. The molecule has 0 radical (unpaired) electrons. The molecule has 1 aliphatic rings. The molecule has 0 spiro atoms. The van der Waals surface area contributed by atoms with E-state index in [1.807, 2.05) is 0 Å². The standard InChI is InChI=1S/C7H13N3O/c1-2-3-11-7-4-6(5-7)9-10-8/h6-7H,2-5H2,1H3. The van der Waals surface area contributed by atoms with Gasteiger partial charge in [0, 0.05) is 17.6 Å². The summed E-state index contributed by atoms with van der Waals surface area (Å²) in [5.74, 6) is 0. The van der Waals surface area contributed by atoms with Crippen LogP contribution in [0.2, 0.25) is 0 Å². The average Bonchev–Trinajstić information content (AvgIpc) is 1.94. The van der Waals surface area contributed by atoms with Gasteiger partial charge in [-0.25, -0.2) is 0 Å². The highest BCUT2D eigenvalue weighted by Gasteiger charge is 2.28. The summed E-state index contributed by atoms with van der Waals surface area (Å²) in [4.78, 5) is 2.74. The molecule has 1 fully saturated rings. The summed E-state index contributed by atoms with van der Waals surface area (Å²) in [5.41, 5.74) is 8.08. The quantitative estimate of drug-likeness (QED) is 0.349. The van der Waals surface area contributed by atoms with Crippen LogP contribution in [0.25, 0.3) is 10.4 Å². The summed E-state index contributed by atoms with van der Waals surface area (Å²) in [6.45, 7) is 2.91. The van der Waals surface area contributed by atoms with Crippen molar-refractivity contribution in [1.82, 2.24) is 0 Å².